The monoisotopic (exact) mass is 1430 g/mol. The number of carbonyl (C=O) groups excluding carboxylic acids is 2. The molecule has 2 fully saturated rings. The van der Waals surface area contributed by atoms with Crippen molar-refractivity contribution in [2.75, 3.05) is 62.5 Å². The van der Waals surface area contributed by atoms with Gasteiger partial charge in [-0.1, -0.05) is 96.3 Å². The highest BCUT2D eigenvalue weighted by Crippen LogP contribution is 2.38. The molecule has 5 aromatic carbocycles. The number of nitrogen functional groups attached to an aromatic ring is 1. The van der Waals surface area contributed by atoms with Crippen molar-refractivity contribution in [1.29, 1.82) is 0 Å². The quantitative estimate of drug-likeness (QED) is 0.0317. The fourth-order valence-corrected chi connectivity index (χ4v) is 13.8. The van der Waals surface area contributed by atoms with E-state index >= 15 is 4.39 Å². The molecule has 8 heterocycles. The molecule has 25 heteroatoms. The second-order valence-electron chi connectivity index (χ2n) is 24.6. The normalized spacial score (nSPS) is 14.0. The third-order valence-corrected chi connectivity index (χ3v) is 19.8. The van der Waals surface area contributed by atoms with Crippen LogP contribution in [0.5, 0.6) is 5.75 Å². The molecule has 0 unspecified atom stereocenters. The molecule has 11 aromatic rings. The number of piperazine rings is 1. The van der Waals surface area contributed by atoms with E-state index in [0.717, 1.165) is 110 Å². The molecular formula is C75H74Cl3F3N13O5S+. The fourth-order valence-electron chi connectivity index (χ4n) is 11.8. The third-order valence-electron chi connectivity index (χ3n) is 17.4. The Morgan fingerprint density at radius 1 is 0.820 bits per heavy atom. The number of H-pyrrole nitrogens is 1. The van der Waals surface area contributed by atoms with Crippen molar-refractivity contribution < 1.29 is 40.5 Å². The van der Waals surface area contributed by atoms with Gasteiger partial charge in [0.2, 0.25) is 21.5 Å². The molecule has 18 nitrogen and oxygen atoms in total. The van der Waals surface area contributed by atoms with Crippen LogP contribution in [0.25, 0.3) is 39.1 Å². The molecular weight excluding hydrogens is 1360 g/mol. The average molecular weight is 1430 g/mol. The van der Waals surface area contributed by atoms with Crippen LogP contribution in [0, 0.1) is 24.4 Å². The Morgan fingerprint density at radius 3 is 2.30 bits per heavy atom. The van der Waals surface area contributed by atoms with E-state index in [9.17, 15) is 26.8 Å². The number of aromatic amines is 1. The van der Waals surface area contributed by atoms with Gasteiger partial charge in [0.15, 0.2) is 35.6 Å². The molecule has 6 aromatic heterocycles. The zero-order valence-electron chi connectivity index (χ0n) is 55.4. The van der Waals surface area contributed by atoms with Crippen LogP contribution in [-0.2, 0) is 29.4 Å². The first-order chi connectivity index (χ1) is 48.2. The number of fused-ring (bicyclic) bond motifs is 1. The SMILES string of the molecule is CCCS(=O)(=O)Nc1ccc(F)c(C(=O)c2c[nH]c3ncc(-c4ccc(Cl)cc4)cc23)c1F.C[C@@H](Oc1cc(-c2ccn(C3CCNCC3)n2)cnc1N)c1c(Cl)ccc(F)c1Cl.Cc1ccc(CC(=O)c2ccc(CN3CCN(C)CC3)cc2)cc1Cc1c[n+](-c2cccnc2)ccn1. The highest BCUT2D eigenvalue weighted by Gasteiger charge is 2.27. The number of sulfonamides is 1. The first-order valence-electron chi connectivity index (χ1n) is 32.6. The average Bonchev–Trinajstić information content (AvgIpc) is 1.74. The van der Waals surface area contributed by atoms with E-state index in [4.69, 9.17) is 50.4 Å². The molecule has 0 saturated carbocycles. The molecule has 0 radical (unpaired) electrons. The van der Waals surface area contributed by atoms with Crippen molar-refractivity contribution in [3.05, 3.63) is 260 Å². The molecule has 0 amide bonds. The molecule has 5 N–H and O–H groups in total. The van der Waals surface area contributed by atoms with Gasteiger partial charge < -0.3 is 25.7 Å². The molecule has 0 spiro atoms. The smallest absolute Gasteiger partial charge is 0.232 e. The van der Waals surface area contributed by atoms with Crippen molar-refractivity contribution in [2.24, 2.45) is 0 Å². The number of nitrogens with zero attached hydrogens (tertiary/aromatic N) is 9. The maximum Gasteiger partial charge on any atom is 0.232 e. The van der Waals surface area contributed by atoms with Crippen molar-refractivity contribution >= 4 is 78.9 Å². The van der Waals surface area contributed by atoms with Gasteiger partial charge >= 0.3 is 0 Å². The minimum Gasteiger partial charge on any atom is -0.482 e. The number of Topliss-reactive ketones (excluding diaryl/α,β-unsaturated/α-hetero) is 1. The van der Waals surface area contributed by atoms with Crippen LogP contribution < -0.4 is 25.1 Å². The van der Waals surface area contributed by atoms with Crippen molar-refractivity contribution in [1.82, 2.24) is 49.8 Å². The maximum atomic E-state index is 15.1. The van der Waals surface area contributed by atoms with Gasteiger partial charge in [0.25, 0.3) is 0 Å². The lowest BCUT2D eigenvalue weighted by Crippen LogP contribution is -2.43. The number of rotatable bonds is 20. The first-order valence-corrected chi connectivity index (χ1v) is 35.4. The number of carbonyl (C=O) groups is 2. The van der Waals surface area contributed by atoms with Crippen LogP contribution >= 0.6 is 34.8 Å². The van der Waals surface area contributed by atoms with E-state index in [1.54, 1.807) is 68.8 Å². The summed E-state index contributed by atoms with van der Waals surface area (Å²) in [6.07, 6.45) is 18.8. The summed E-state index contributed by atoms with van der Waals surface area (Å²) >= 11 is 18.2. The van der Waals surface area contributed by atoms with Gasteiger partial charge in [-0.05, 0) is 142 Å². The summed E-state index contributed by atoms with van der Waals surface area (Å²) in [5.41, 5.74) is 15.8. The lowest BCUT2D eigenvalue weighted by Gasteiger charge is -2.32. The largest absolute Gasteiger partial charge is 0.482 e. The fraction of sp³-hybridized carbons (Fsp3) is 0.253. The van der Waals surface area contributed by atoms with Gasteiger partial charge in [0.1, 0.15) is 29.1 Å². The number of hydrogen-bond donors (Lipinski definition) is 4. The Morgan fingerprint density at radius 2 is 1.56 bits per heavy atom. The second-order valence-corrected chi connectivity index (χ2v) is 27.7. The van der Waals surface area contributed by atoms with Crippen molar-refractivity contribution in [3.63, 3.8) is 0 Å². The molecule has 13 rings (SSSR count). The number of pyridine rings is 3. The second kappa shape index (κ2) is 32.7. The zero-order chi connectivity index (χ0) is 70.6. The number of aryl methyl sites for hydroxylation is 1. The lowest BCUT2D eigenvalue weighted by molar-refractivity contribution is -0.597. The zero-order valence-corrected chi connectivity index (χ0v) is 58.5. The summed E-state index contributed by atoms with van der Waals surface area (Å²) in [5.74, 6) is -3.41. The number of hydrogen-bond acceptors (Lipinski definition) is 14. The molecule has 1 atom stereocenters. The number of halogens is 6. The lowest BCUT2D eigenvalue weighted by atomic mass is 9.96. The van der Waals surface area contributed by atoms with Crippen molar-refractivity contribution in [3.8, 4) is 33.8 Å². The Labute approximate surface area is 593 Å². The number of nitrogens with one attached hydrogen (secondary N) is 3. The molecule has 2 aliphatic heterocycles. The van der Waals surface area contributed by atoms with Gasteiger partial charge in [-0.3, -0.25) is 28.9 Å². The summed E-state index contributed by atoms with van der Waals surface area (Å²) < 4.78 is 79.7. The van der Waals surface area contributed by atoms with Gasteiger partial charge in [0.05, 0.1) is 46.2 Å². The number of nitrogens with two attached hydrogens (primary N) is 1. The number of benzene rings is 5. The maximum absolute atomic E-state index is 15.1. The van der Waals surface area contributed by atoms with E-state index in [1.165, 1.54) is 35.0 Å². The van der Waals surface area contributed by atoms with Crippen LogP contribution in [0.2, 0.25) is 15.1 Å². The van der Waals surface area contributed by atoms with Crippen LogP contribution in [0.4, 0.5) is 24.7 Å². The van der Waals surface area contributed by atoms with Crippen LogP contribution in [0.15, 0.2) is 177 Å². The summed E-state index contributed by atoms with van der Waals surface area (Å²) in [7, 11) is -1.67. The van der Waals surface area contributed by atoms with E-state index in [-0.39, 0.29) is 27.9 Å². The Kier molecular flexibility index (Phi) is 23.5. The highest BCUT2D eigenvalue weighted by molar-refractivity contribution is 7.92. The number of ketones is 2. The number of aromatic nitrogens is 8. The predicted octanol–water partition coefficient (Wildman–Crippen LogP) is 14.4. The number of anilines is 2. The number of likely N-dealkylation sites (N-methyl/N-ethyl adjacent to an activating group) is 1. The number of piperidine rings is 1. The minimum atomic E-state index is -3.84. The summed E-state index contributed by atoms with van der Waals surface area (Å²) in [5, 5.41) is 9.24. The molecule has 2 saturated heterocycles. The van der Waals surface area contributed by atoms with E-state index in [1.807, 2.05) is 70.6 Å². The van der Waals surface area contributed by atoms with E-state index < -0.39 is 50.6 Å². The van der Waals surface area contributed by atoms with Crippen LogP contribution in [0.1, 0.15) is 105 Å². The molecule has 0 aliphatic carbocycles. The van der Waals surface area contributed by atoms with Gasteiger partial charge in [-0.15, -0.1) is 0 Å². The Bertz CT molecular complexity index is 4830. The topological polar surface area (TPSA) is 223 Å². The van der Waals surface area contributed by atoms with Gasteiger partial charge in [-0.2, -0.15) is 9.67 Å². The molecule has 0 bridgehead atoms. The van der Waals surface area contributed by atoms with Gasteiger partial charge in [0, 0.05) is 126 Å². The highest BCUT2D eigenvalue weighted by atomic mass is 35.5. The number of ether oxygens (including phenoxy) is 1. The predicted molar refractivity (Wildman–Crippen MR) is 385 cm³/mol. The Balaban J connectivity index is 0.000000152. The van der Waals surface area contributed by atoms with E-state index in [0.29, 0.717) is 63.3 Å². The van der Waals surface area contributed by atoms with Crippen molar-refractivity contribution in [2.45, 2.75) is 71.6 Å². The molecule has 516 valence electrons. The molecule has 100 heavy (non-hydrogen) atoms. The van der Waals surface area contributed by atoms with Crippen LogP contribution in [0.3, 0.4) is 0 Å². The third kappa shape index (κ3) is 18.0. The molecule has 2 aliphatic rings. The summed E-state index contributed by atoms with van der Waals surface area (Å²) in [6.45, 7) is 12.8. The standard InChI is InChI=1S/C31H34N5O.C23H18ClF2N3O3S.C21H22Cl2FN5O/c1-24-5-6-26(18-28(24)20-29-23-36(13-12-33-29)30-4-3-11-32-21-30)19-31(37)27-9-7-25(8-10-27)22-35-16-14-34(2)15-17-35;1-2-9-33(31,32)29-19-8-7-18(25)20(21(19)26)22(30)17-12-28-23-16(17)10-14(11-27-23)13-3-5-15(24)6-4-13;1-12(19-15(22)2-3-16(24)20(19)23)30-18-10-13(11-27-21(18)25)17-6-9-29(28-17)14-4-7-26-8-5-14/h3-13,18,21,23H,14-17,19-20,22H2,1-2H3;3-8,10-12,29H,2,9H2,1H3,(H,27,28);2-3,6,9-12,14,26H,4-5,7-8H2,1H3,(H2,25,27)/q+1;;/t;;12-/m..1/s1. The Hall–Kier alpha value is -9.39. The van der Waals surface area contributed by atoms with E-state index in [2.05, 4.69) is 89.1 Å². The minimum absolute atomic E-state index is 0.000297. The summed E-state index contributed by atoms with van der Waals surface area (Å²) in [6, 6.07) is 35.7. The van der Waals surface area contributed by atoms with Gasteiger partial charge in [-0.25, -0.2) is 36.5 Å². The first kappa shape index (κ1) is 71.9. The van der Waals surface area contributed by atoms with Crippen LogP contribution in [-0.4, -0.2) is 117 Å². The summed E-state index contributed by atoms with van der Waals surface area (Å²) in [4.78, 5) is 51.2.